The van der Waals surface area contributed by atoms with Gasteiger partial charge in [-0.3, -0.25) is 9.69 Å². The summed E-state index contributed by atoms with van der Waals surface area (Å²) in [6, 6.07) is 10.7. The minimum Gasteiger partial charge on any atom is -0.455 e. The topological polar surface area (TPSA) is 117 Å². The highest BCUT2D eigenvalue weighted by Gasteiger charge is 2.31. The normalized spacial score (nSPS) is 15.9. The van der Waals surface area contributed by atoms with E-state index in [0.717, 1.165) is 11.1 Å². The molecule has 1 aromatic heterocycles. The van der Waals surface area contributed by atoms with Gasteiger partial charge in [-0.25, -0.2) is 9.71 Å². The molecular weight excluding hydrogens is 515 g/mol. The monoisotopic (exact) mass is 534 g/mol. The zero-order valence-corrected chi connectivity index (χ0v) is 20.8. The van der Waals surface area contributed by atoms with Crippen LogP contribution in [0.5, 0.6) is 5.88 Å². The van der Waals surface area contributed by atoms with Crippen molar-refractivity contribution in [1.29, 1.82) is 0 Å². The molecule has 0 saturated heterocycles. The quantitative estimate of drug-likeness (QED) is 0.515. The van der Waals surface area contributed by atoms with E-state index in [-0.39, 0.29) is 36.6 Å². The molecule has 1 amide bonds. The molecule has 0 bridgehead atoms. The lowest BCUT2D eigenvalue weighted by molar-refractivity contribution is 0.0932. The molecule has 0 radical (unpaired) electrons. The van der Waals surface area contributed by atoms with Crippen LogP contribution in [0.2, 0.25) is 10.0 Å². The van der Waals surface area contributed by atoms with E-state index in [1.165, 1.54) is 22.4 Å². The third-order valence-corrected chi connectivity index (χ3v) is 7.92. The van der Waals surface area contributed by atoms with E-state index in [2.05, 4.69) is 20.0 Å². The van der Waals surface area contributed by atoms with Crippen LogP contribution in [-0.2, 0) is 23.2 Å². The molecule has 0 saturated carbocycles. The second kappa shape index (κ2) is 9.25. The molecule has 2 N–H and O–H groups in total. The Morgan fingerprint density at radius 2 is 1.89 bits per heavy atom. The summed E-state index contributed by atoms with van der Waals surface area (Å²) in [6.45, 7) is 0.566. The average molecular weight is 535 g/mol. The summed E-state index contributed by atoms with van der Waals surface area (Å²) < 4.78 is 33.8. The molecule has 5 rings (SSSR count). The lowest BCUT2D eigenvalue weighted by Crippen LogP contribution is -2.41. The fourth-order valence-corrected chi connectivity index (χ4v) is 5.50. The number of rotatable bonds is 5. The zero-order valence-electron chi connectivity index (χ0n) is 18.5. The summed E-state index contributed by atoms with van der Waals surface area (Å²) in [5, 5.41) is 3.74. The van der Waals surface area contributed by atoms with Crippen molar-refractivity contribution in [1.82, 2.24) is 19.0 Å². The third kappa shape index (κ3) is 4.53. The van der Waals surface area contributed by atoms with Crippen molar-refractivity contribution in [3.05, 3.63) is 69.3 Å². The van der Waals surface area contributed by atoms with E-state index in [0.29, 0.717) is 34.4 Å². The Hall–Kier alpha value is -2.96. The van der Waals surface area contributed by atoms with Crippen LogP contribution in [0, 0.1) is 0 Å². The number of fused-ring (bicyclic) bond motifs is 2. The van der Waals surface area contributed by atoms with Crippen LogP contribution in [0.3, 0.4) is 0 Å². The zero-order chi connectivity index (χ0) is 24.7. The molecular formula is C22H20Cl2N6O4S. The minimum atomic E-state index is -3.51. The van der Waals surface area contributed by atoms with E-state index in [4.69, 9.17) is 27.9 Å². The fourth-order valence-electron chi connectivity index (χ4n) is 4.00. The number of aromatic nitrogens is 2. The summed E-state index contributed by atoms with van der Waals surface area (Å²) in [6.07, 6.45) is 2.00. The molecule has 2 aliphatic heterocycles. The van der Waals surface area contributed by atoms with Gasteiger partial charge in [-0.2, -0.15) is 17.7 Å². The molecule has 0 atom stereocenters. The van der Waals surface area contributed by atoms with Gasteiger partial charge in [0, 0.05) is 32.0 Å². The number of ether oxygens (including phenoxy) is 1. The lowest BCUT2D eigenvalue weighted by Gasteiger charge is -2.29. The SMILES string of the molecule is CNS(=O)(=O)N1CCc2ccc(Nc3ncc4c(n3)OCN(c3c(Cl)cccc3Cl)C4=O)cc2C1. The molecule has 13 heteroatoms. The van der Waals surface area contributed by atoms with Gasteiger partial charge in [0.25, 0.3) is 16.1 Å². The molecule has 182 valence electrons. The van der Waals surface area contributed by atoms with Crippen molar-refractivity contribution in [3.8, 4) is 5.88 Å². The second-order valence-corrected chi connectivity index (χ2v) is 10.6. The number of amides is 1. The first-order chi connectivity index (χ1) is 16.8. The van der Waals surface area contributed by atoms with Crippen molar-refractivity contribution < 1.29 is 17.9 Å². The van der Waals surface area contributed by atoms with E-state index >= 15 is 0 Å². The van der Waals surface area contributed by atoms with E-state index in [1.54, 1.807) is 18.2 Å². The predicted octanol–water partition coefficient (Wildman–Crippen LogP) is 3.35. The second-order valence-electron chi connectivity index (χ2n) is 7.89. The predicted molar refractivity (Wildman–Crippen MR) is 133 cm³/mol. The number of para-hydroxylation sites is 1. The first kappa shape index (κ1) is 23.8. The molecule has 3 heterocycles. The standard InChI is InChI=1S/C22H20Cl2N6O4S/c1-25-35(32,33)29-8-7-13-5-6-15(9-14(13)11-29)27-22-26-10-16-20(28-22)34-12-30(21(16)31)19-17(23)3-2-4-18(19)24/h2-6,9-10,25H,7-8,11-12H2,1H3,(H,26,27,28). The highest BCUT2D eigenvalue weighted by Crippen LogP contribution is 2.37. The van der Waals surface area contributed by atoms with Crippen molar-refractivity contribution >= 4 is 56.6 Å². The maximum atomic E-state index is 13.1. The van der Waals surface area contributed by atoms with E-state index in [9.17, 15) is 13.2 Å². The maximum Gasteiger partial charge on any atom is 0.279 e. The largest absolute Gasteiger partial charge is 0.455 e. The van der Waals surface area contributed by atoms with Gasteiger partial charge >= 0.3 is 0 Å². The Morgan fingerprint density at radius 3 is 2.63 bits per heavy atom. The average Bonchev–Trinajstić information content (AvgIpc) is 2.85. The van der Waals surface area contributed by atoms with Crippen molar-refractivity contribution in [2.24, 2.45) is 0 Å². The molecule has 2 aromatic carbocycles. The number of anilines is 3. The number of nitrogens with one attached hydrogen (secondary N) is 2. The van der Waals surface area contributed by atoms with Crippen LogP contribution < -0.4 is 19.7 Å². The molecule has 2 aliphatic rings. The first-order valence-corrected chi connectivity index (χ1v) is 12.8. The number of hydrogen-bond donors (Lipinski definition) is 2. The summed E-state index contributed by atoms with van der Waals surface area (Å²) >= 11 is 12.5. The smallest absolute Gasteiger partial charge is 0.279 e. The minimum absolute atomic E-state index is 0.111. The fraction of sp³-hybridized carbons (Fsp3) is 0.227. The Bertz CT molecular complexity index is 1420. The third-order valence-electron chi connectivity index (χ3n) is 5.80. The molecule has 35 heavy (non-hydrogen) atoms. The van der Waals surface area contributed by atoms with Crippen LogP contribution in [0.1, 0.15) is 21.5 Å². The summed E-state index contributed by atoms with van der Waals surface area (Å²) in [5.74, 6) is -0.0140. The number of hydrogen-bond acceptors (Lipinski definition) is 7. The highest BCUT2D eigenvalue weighted by molar-refractivity contribution is 7.87. The Balaban J connectivity index is 1.36. The number of nitrogens with zero attached hydrogens (tertiary/aromatic N) is 4. The van der Waals surface area contributed by atoms with Crippen LogP contribution in [0.4, 0.5) is 17.3 Å². The van der Waals surface area contributed by atoms with Crippen LogP contribution in [0.15, 0.2) is 42.6 Å². The summed E-state index contributed by atoms with van der Waals surface area (Å²) in [4.78, 5) is 23.0. The van der Waals surface area contributed by atoms with Crippen LogP contribution in [0.25, 0.3) is 0 Å². The van der Waals surface area contributed by atoms with Gasteiger partial charge in [-0.15, -0.1) is 0 Å². The Kier molecular flexibility index (Phi) is 6.28. The van der Waals surface area contributed by atoms with Crippen LogP contribution >= 0.6 is 23.2 Å². The van der Waals surface area contributed by atoms with Gasteiger partial charge in [-0.1, -0.05) is 35.3 Å². The molecule has 10 nitrogen and oxygen atoms in total. The van der Waals surface area contributed by atoms with Gasteiger partial charge in [0.05, 0.1) is 15.7 Å². The van der Waals surface area contributed by atoms with Crippen LogP contribution in [-0.4, -0.2) is 48.9 Å². The van der Waals surface area contributed by atoms with Crippen molar-refractivity contribution in [3.63, 3.8) is 0 Å². The molecule has 0 spiro atoms. The number of benzene rings is 2. The molecule has 3 aromatic rings. The number of halogens is 2. The van der Waals surface area contributed by atoms with Crippen molar-refractivity contribution in [2.75, 3.05) is 30.5 Å². The molecule has 0 unspecified atom stereocenters. The van der Waals surface area contributed by atoms with Crippen molar-refractivity contribution in [2.45, 2.75) is 13.0 Å². The maximum absolute atomic E-state index is 13.1. The molecule has 0 aliphatic carbocycles. The van der Waals surface area contributed by atoms with Gasteiger partial charge < -0.3 is 10.1 Å². The lowest BCUT2D eigenvalue weighted by atomic mass is 10.0. The summed E-state index contributed by atoms with van der Waals surface area (Å²) in [7, 11) is -2.12. The first-order valence-electron chi connectivity index (χ1n) is 10.6. The Labute approximate surface area is 212 Å². The van der Waals surface area contributed by atoms with E-state index in [1.807, 2.05) is 18.2 Å². The highest BCUT2D eigenvalue weighted by atomic mass is 35.5. The van der Waals surface area contributed by atoms with Gasteiger partial charge in [0.15, 0.2) is 6.73 Å². The van der Waals surface area contributed by atoms with Gasteiger partial charge in [-0.05, 0) is 41.8 Å². The molecule has 0 fully saturated rings. The number of carbonyl (C=O) groups is 1. The van der Waals surface area contributed by atoms with Gasteiger partial charge in [0.2, 0.25) is 11.8 Å². The summed E-state index contributed by atoms with van der Waals surface area (Å²) in [5.41, 5.74) is 3.18. The van der Waals surface area contributed by atoms with Gasteiger partial charge in [0.1, 0.15) is 5.56 Å². The Morgan fingerprint density at radius 1 is 1.11 bits per heavy atom. The van der Waals surface area contributed by atoms with E-state index < -0.39 is 10.2 Å². The number of carbonyl (C=O) groups excluding carboxylic acids is 1.